The molecular weight excluding hydrogens is 2030 g/mol. The molecule has 0 aliphatic carbocycles. The minimum absolute atomic E-state index is 0.0589. The first kappa shape index (κ1) is 99.4. The molecule has 40 heteroatoms. The smallest absolute Gasteiger partial charge is 0.278 e. The van der Waals surface area contributed by atoms with Gasteiger partial charge in [0.25, 0.3) is 23.6 Å². The van der Waals surface area contributed by atoms with Crippen LogP contribution in [0.4, 0.5) is 35.1 Å². The normalized spacial score (nSPS) is 22.6. The number of fused-ring (bicyclic) bond motifs is 16. The fourth-order valence-electron chi connectivity index (χ4n) is 22.8. The number of carbonyl (C=O) groups is 4. The van der Waals surface area contributed by atoms with Gasteiger partial charge in [-0.3, -0.25) is 77.1 Å². The van der Waals surface area contributed by atoms with Crippen molar-refractivity contribution in [2.24, 2.45) is 23.2 Å². The zero-order valence-electron chi connectivity index (χ0n) is 78.9. The van der Waals surface area contributed by atoms with E-state index < -0.39 is 92.4 Å². The highest BCUT2D eigenvalue weighted by atomic mass is 32.2. The molecule has 0 N–H and O–H groups in total. The van der Waals surface area contributed by atoms with Gasteiger partial charge in [-0.25, -0.2) is 35.1 Å². The van der Waals surface area contributed by atoms with Gasteiger partial charge >= 0.3 is 0 Å². The van der Waals surface area contributed by atoms with Crippen LogP contribution in [0.1, 0.15) is 219 Å². The molecule has 145 heavy (non-hydrogen) atoms. The van der Waals surface area contributed by atoms with Gasteiger partial charge < -0.3 is 37.7 Å². The lowest BCUT2D eigenvalue weighted by Gasteiger charge is -2.54. The predicted octanol–water partition coefficient (Wildman–Crippen LogP) is 19.8. The van der Waals surface area contributed by atoms with Crippen molar-refractivity contribution in [1.82, 2.24) is 38.3 Å². The number of hydrogen-bond donors (Lipinski definition) is 0. The summed E-state index contributed by atoms with van der Waals surface area (Å²) in [6.45, 7) is 12.6. The van der Waals surface area contributed by atoms with Gasteiger partial charge in [0.2, 0.25) is 44.7 Å². The summed E-state index contributed by atoms with van der Waals surface area (Å²) in [7, 11) is 8.25. The minimum Gasteiger partial charge on any atom is -0.474 e. The fourth-order valence-corrected chi connectivity index (χ4v) is 28.2. The van der Waals surface area contributed by atoms with Gasteiger partial charge in [0.1, 0.15) is 24.7 Å². The van der Waals surface area contributed by atoms with Crippen LogP contribution in [-0.2, 0) is 23.0 Å². The average molecular weight is 2120 g/mol. The molecule has 15 atom stereocenters. The van der Waals surface area contributed by atoms with Crippen LogP contribution in [0.15, 0.2) is 233 Å². The summed E-state index contributed by atoms with van der Waals surface area (Å²) in [5.74, 6) is -6.29. The van der Waals surface area contributed by atoms with Gasteiger partial charge in [0.15, 0.2) is 69.3 Å². The van der Waals surface area contributed by atoms with Crippen molar-refractivity contribution < 1.29 is 72.4 Å². The van der Waals surface area contributed by atoms with Crippen LogP contribution in [0.3, 0.4) is 0 Å². The number of nitrogens with zero attached hydrogens (tertiary/aromatic N) is 12. The Morgan fingerprint density at radius 2 is 0.586 bits per heavy atom. The third-order valence-electron chi connectivity index (χ3n) is 29.6. The van der Waals surface area contributed by atoms with Crippen LogP contribution in [0.2, 0.25) is 0 Å². The first-order valence-electron chi connectivity index (χ1n) is 47.5. The van der Waals surface area contributed by atoms with Gasteiger partial charge in [-0.2, -0.15) is 0 Å². The molecule has 12 aliphatic rings. The monoisotopic (exact) mass is 2120 g/mol. The Bertz CT molecular complexity index is 7370. The van der Waals surface area contributed by atoms with Crippen LogP contribution < -0.4 is 59.8 Å². The first-order valence-corrected chi connectivity index (χ1v) is 53.4. The van der Waals surface area contributed by atoms with Crippen molar-refractivity contribution in [3.8, 4) is 23.0 Å². The standard InChI is InChI=1S/C27H26F2N3O3PS.3C26H24F2N3O3PS/c1-27(2)11-9-21-30(14-27)26(34)24-25(35-36)19(33)10-12-31(24)32(21)23-15-7-8-18(28)22(29)17(15)13-37-20-6-4-3-5-16(20)23;2*1-14-6-9-21-29(12-14)26(33)24-25(34-35)19(32)10-11-30(24)31(21)23-15-7-8-18(27)22(28)17(15)13-36-20-5-3-2-4-16(20)23;1-14-8-10-29-21(12-14)31(30-11-9-19(32)25(34-35)24(30)26(29)33)23-15-6-7-18(27)22(28)17(15)13-36-20-5-3-2-4-16(20)23/h3-8,10,12,21,23H,9,11,13-14,36H2,1-2H3;2*2-5,7-8,10-11,14,21,23H,6,9,12-13,35H2,1H3;2-7,9,11,14,21,23H,8,10,12-13,35H2,1H3/t21-,23+;14-,21+,23-;2*14-,21-,23+/m1011/s1. The molecule has 8 aromatic carbocycles. The second kappa shape index (κ2) is 39.9. The minimum atomic E-state index is -0.887. The highest BCUT2D eigenvalue weighted by Crippen LogP contribution is 2.54. The van der Waals surface area contributed by atoms with Crippen LogP contribution >= 0.6 is 84.9 Å². The maximum Gasteiger partial charge on any atom is 0.278 e. The Labute approximate surface area is 854 Å². The zero-order valence-corrected chi connectivity index (χ0v) is 86.8. The molecule has 0 radical (unpaired) electrons. The summed E-state index contributed by atoms with van der Waals surface area (Å²) >= 11 is 5.85. The third-order valence-corrected chi connectivity index (χ3v) is 35.0. The van der Waals surface area contributed by atoms with E-state index in [4.69, 9.17) is 18.1 Å². The highest BCUT2D eigenvalue weighted by Gasteiger charge is 2.54. The van der Waals surface area contributed by atoms with E-state index in [9.17, 15) is 55.9 Å². The highest BCUT2D eigenvalue weighted by molar-refractivity contribution is 7.99. The Kier molecular flexibility index (Phi) is 27.3. The number of piperidine rings is 4. The zero-order chi connectivity index (χ0) is 101. The van der Waals surface area contributed by atoms with Gasteiger partial charge in [0.05, 0.1) is 62.0 Å². The second-order valence-corrected chi connectivity index (χ2v) is 43.9. The number of rotatable bonds is 8. The number of halogens is 8. The van der Waals surface area contributed by atoms with E-state index in [0.717, 1.165) is 67.5 Å². The van der Waals surface area contributed by atoms with E-state index in [0.29, 0.717) is 102 Å². The molecule has 12 aliphatic heterocycles. The number of benzene rings is 8. The lowest BCUT2D eigenvalue weighted by atomic mass is 9.81. The Balaban J connectivity index is 0.000000114. The Morgan fingerprint density at radius 3 is 0.890 bits per heavy atom. The van der Waals surface area contributed by atoms with Crippen molar-refractivity contribution in [2.75, 3.05) is 46.2 Å². The van der Waals surface area contributed by atoms with Crippen LogP contribution in [-0.4, -0.2) is 113 Å². The number of thioether (sulfide) groups is 4. The van der Waals surface area contributed by atoms with E-state index in [1.165, 1.54) is 95.6 Å². The molecule has 4 fully saturated rings. The van der Waals surface area contributed by atoms with Crippen molar-refractivity contribution >= 4 is 109 Å². The molecular formula is C105H98F8N12O12P4S4. The lowest BCUT2D eigenvalue weighted by Crippen LogP contribution is -2.65. The molecule has 24 rings (SSSR count). The summed E-state index contributed by atoms with van der Waals surface area (Å²) < 4.78 is 147. The molecule has 0 saturated carbocycles. The summed E-state index contributed by atoms with van der Waals surface area (Å²) in [5.41, 5.74) is 6.22. The molecule has 0 bridgehead atoms. The lowest BCUT2D eigenvalue weighted by molar-refractivity contribution is 0.0216. The number of amides is 4. The van der Waals surface area contributed by atoms with Crippen molar-refractivity contribution in [3.05, 3.63) is 372 Å². The first-order chi connectivity index (χ1) is 69.9. The van der Waals surface area contributed by atoms with E-state index in [1.807, 2.05) is 117 Å². The molecule has 4 amide bonds. The SMILES string of the molecule is CC1(C)CC[C@@H]2N(C1)C(=O)c1c(OP)c(=O)ccn1N2[C@@H]1c2ccccc2SCc2c1ccc(F)c2F.C[C@@H]1CCN2C(=O)c3c(OP)c(=O)ccn3N([C@@H]3c4ccccc4SCc4c3ccc(F)c4F)[C@@H]2C1.C[C@@H]1CC[C@@H]2N(C1)C(=O)c1c(OP)c(=O)ccn1N2[C@@H]1c2ccccc2SCc2c1ccc(F)c2F.C[C@H]1CC[C@@H]2N(C1)C(=O)c1c(OP)c(=O)ccn1N2[C@@H]1c2ccccc2SCc2c1ccc(F)c2F. The van der Waals surface area contributed by atoms with Gasteiger partial charge in [-0.05, 0) is 168 Å². The summed E-state index contributed by atoms with van der Waals surface area (Å²) in [4.78, 5) is 117. The molecule has 16 heterocycles. The van der Waals surface area contributed by atoms with E-state index in [2.05, 4.69) is 72.5 Å². The number of hydrogen-bond acceptors (Lipinski definition) is 20. The van der Waals surface area contributed by atoms with Gasteiger partial charge in [-0.15, -0.1) is 47.0 Å². The largest absolute Gasteiger partial charge is 0.474 e. The number of carbonyl (C=O) groups excluding carboxylic acids is 4. The van der Waals surface area contributed by atoms with Crippen molar-refractivity contribution in [3.63, 3.8) is 0 Å². The van der Waals surface area contributed by atoms with Crippen molar-refractivity contribution in [1.29, 1.82) is 0 Å². The summed E-state index contributed by atoms with van der Waals surface area (Å²) in [5, 5.41) is 8.16. The van der Waals surface area contributed by atoms with Crippen molar-refractivity contribution in [2.45, 2.75) is 177 Å². The van der Waals surface area contributed by atoms with Crippen LogP contribution in [0, 0.1) is 69.7 Å². The number of pyridine rings is 4. The predicted molar refractivity (Wildman–Crippen MR) is 551 cm³/mol. The summed E-state index contributed by atoms with van der Waals surface area (Å²) in [6.07, 6.45) is 11.2. The van der Waals surface area contributed by atoms with Crippen LogP contribution in [0.5, 0.6) is 23.0 Å². The molecule has 4 unspecified atom stereocenters. The fraction of sp³-hybridized carbons (Fsp3) is 0.314. The quantitative estimate of drug-likeness (QED) is 0.102. The maximum absolute atomic E-state index is 15.2. The Morgan fingerprint density at radius 1 is 0.310 bits per heavy atom. The van der Waals surface area contributed by atoms with Gasteiger partial charge in [0, 0.05) is 140 Å². The molecule has 0 spiro atoms. The molecule has 4 saturated heterocycles. The topological polar surface area (TPSA) is 219 Å². The van der Waals surface area contributed by atoms with E-state index in [-0.39, 0.29) is 134 Å². The Hall–Kier alpha value is -11.6. The molecule has 4 aromatic heterocycles. The summed E-state index contributed by atoms with van der Waals surface area (Å²) in [6, 6.07) is 45.9. The molecule has 12 aromatic rings. The maximum atomic E-state index is 15.2. The molecule has 750 valence electrons. The van der Waals surface area contributed by atoms with Crippen LogP contribution in [0.25, 0.3) is 0 Å². The van der Waals surface area contributed by atoms with E-state index in [1.54, 1.807) is 87.4 Å². The second-order valence-electron chi connectivity index (χ2n) is 38.9. The average Bonchev–Trinajstić information content (AvgIpc) is 1.65. The third kappa shape index (κ3) is 17.1. The van der Waals surface area contributed by atoms with E-state index >= 15 is 17.6 Å². The molecule has 24 nitrogen and oxygen atoms in total. The number of aromatic nitrogens is 4. The van der Waals surface area contributed by atoms with Gasteiger partial charge in [-0.1, -0.05) is 132 Å².